The number of amides is 1. The molecule has 0 bridgehead atoms. The van der Waals surface area contributed by atoms with Crippen molar-refractivity contribution in [3.8, 4) is 11.1 Å². The van der Waals surface area contributed by atoms with E-state index in [-0.39, 0.29) is 31.2 Å². The van der Waals surface area contributed by atoms with Gasteiger partial charge in [-0.3, -0.25) is 24.0 Å². The minimum Gasteiger partial charge on any atom is -0.383 e. The average molecular weight is 471 g/mol. The summed E-state index contributed by atoms with van der Waals surface area (Å²) in [5, 5.41) is 0. The first-order valence-electron chi connectivity index (χ1n) is 11.1. The van der Waals surface area contributed by atoms with Crippen LogP contribution in [0.25, 0.3) is 11.1 Å². The first-order chi connectivity index (χ1) is 17.0. The van der Waals surface area contributed by atoms with Crippen molar-refractivity contribution in [3.05, 3.63) is 117 Å². The predicted octanol–water partition coefficient (Wildman–Crippen LogP) is 3.28. The van der Waals surface area contributed by atoms with Crippen LogP contribution < -0.4 is 21.9 Å². The Labute approximate surface area is 202 Å². The monoisotopic (exact) mass is 470 g/mol. The van der Waals surface area contributed by atoms with Crippen LogP contribution in [0.5, 0.6) is 0 Å². The van der Waals surface area contributed by atoms with Gasteiger partial charge in [0.25, 0.3) is 11.5 Å². The molecule has 0 atom stereocenters. The topological polar surface area (TPSA) is 110 Å². The molecule has 4 rings (SSSR count). The number of nitrogens with zero attached hydrogens (tertiary/aromatic N) is 2. The van der Waals surface area contributed by atoms with Crippen LogP contribution in [0.1, 0.15) is 15.9 Å². The van der Waals surface area contributed by atoms with Crippen molar-refractivity contribution in [1.82, 2.24) is 9.55 Å². The van der Waals surface area contributed by atoms with E-state index in [1.807, 2.05) is 72.8 Å². The number of nitrogen functional groups attached to an aromatic ring is 1. The molecule has 0 aliphatic carbocycles. The van der Waals surface area contributed by atoms with Crippen LogP contribution in [0.4, 0.5) is 11.5 Å². The normalized spacial score (nSPS) is 10.8. The fraction of sp³-hybridized carbons (Fsp3) is 0.148. The van der Waals surface area contributed by atoms with E-state index in [0.29, 0.717) is 5.56 Å². The molecule has 35 heavy (non-hydrogen) atoms. The quantitative estimate of drug-likeness (QED) is 0.411. The van der Waals surface area contributed by atoms with Gasteiger partial charge in [-0.1, -0.05) is 72.8 Å². The molecule has 1 amide bonds. The lowest BCUT2D eigenvalue weighted by Gasteiger charge is -2.25. The zero-order chi connectivity index (χ0) is 24.8. The van der Waals surface area contributed by atoms with E-state index in [9.17, 15) is 14.4 Å². The van der Waals surface area contributed by atoms with Gasteiger partial charge in [-0.15, -0.1) is 0 Å². The van der Waals surface area contributed by atoms with Crippen molar-refractivity contribution < 1.29 is 9.53 Å². The summed E-state index contributed by atoms with van der Waals surface area (Å²) in [6.07, 6.45) is 0. The summed E-state index contributed by atoms with van der Waals surface area (Å²) in [4.78, 5) is 42.6. The summed E-state index contributed by atoms with van der Waals surface area (Å²) in [7, 11) is 1.50. The van der Waals surface area contributed by atoms with Crippen LogP contribution in [-0.4, -0.2) is 29.2 Å². The van der Waals surface area contributed by atoms with Gasteiger partial charge in [-0.05, 0) is 28.8 Å². The van der Waals surface area contributed by atoms with Crippen molar-refractivity contribution in [2.45, 2.75) is 13.1 Å². The Morgan fingerprint density at radius 1 is 0.914 bits per heavy atom. The molecule has 3 aromatic carbocycles. The lowest BCUT2D eigenvalue weighted by Crippen LogP contribution is -2.41. The molecule has 1 heterocycles. The molecule has 4 aromatic rings. The van der Waals surface area contributed by atoms with Crippen LogP contribution in [0.2, 0.25) is 0 Å². The fourth-order valence-electron chi connectivity index (χ4n) is 3.85. The molecule has 0 aliphatic rings. The summed E-state index contributed by atoms with van der Waals surface area (Å²) in [6.45, 7) is 0.434. The van der Waals surface area contributed by atoms with Gasteiger partial charge in [0.15, 0.2) is 5.69 Å². The van der Waals surface area contributed by atoms with Crippen molar-refractivity contribution in [2.75, 3.05) is 24.4 Å². The summed E-state index contributed by atoms with van der Waals surface area (Å²) in [5.74, 6) is -0.511. The third-order valence-corrected chi connectivity index (χ3v) is 5.67. The molecule has 8 nitrogen and oxygen atoms in total. The number of nitrogens with two attached hydrogens (primary N) is 1. The lowest BCUT2D eigenvalue weighted by molar-refractivity contribution is 0.0984. The van der Waals surface area contributed by atoms with Crippen molar-refractivity contribution in [1.29, 1.82) is 0 Å². The maximum atomic E-state index is 13.7. The number of ether oxygens (including phenoxy) is 1. The number of carbonyl (C=O) groups excluding carboxylic acids is 1. The molecule has 0 saturated heterocycles. The first-order valence-corrected chi connectivity index (χ1v) is 11.1. The van der Waals surface area contributed by atoms with Gasteiger partial charge in [0.2, 0.25) is 0 Å². The number of H-pyrrole nitrogens is 1. The Kier molecular flexibility index (Phi) is 7.23. The number of carbonyl (C=O) groups is 1. The van der Waals surface area contributed by atoms with Crippen LogP contribution >= 0.6 is 0 Å². The Morgan fingerprint density at radius 2 is 1.51 bits per heavy atom. The molecule has 0 unspecified atom stereocenters. The highest BCUT2D eigenvalue weighted by molar-refractivity contribution is 6.07. The average Bonchev–Trinajstić information content (AvgIpc) is 2.88. The molecule has 8 heteroatoms. The van der Waals surface area contributed by atoms with Gasteiger partial charge in [-0.2, -0.15) is 0 Å². The van der Waals surface area contributed by atoms with E-state index < -0.39 is 17.2 Å². The maximum absolute atomic E-state index is 13.7. The molecule has 0 radical (unpaired) electrons. The SMILES string of the molecule is COCCn1c(N)c(N(Cc2ccccc2)C(=O)c2ccc(-c3ccccc3)cc2)c(=O)[nH]c1=O. The molecular formula is C27H26N4O4. The van der Waals surface area contributed by atoms with Gasteiger partial charge >= 0.3 is 5.69 Å². The first kappa shape index (κ1) is 23.7. The van der Waals surface area contributed by atoms with Crippen molar-refractivity contribution >= 4 is 17.4 Å². The number of hydrogen-bond acceptors (Lipinski definition) is 5. The number of anilines is 2. The van der Waals surface area contributed by atoms with Crippen LogP contribution in [0, 0.1) is 0 Å². The third-order valence-electron chi connectivity index (χ3n) is 5.67. The highest BCUT2D eigenvalue weighted by Crippen LogP contribution is 2.24. The molecule has 3 N–H and O–H groups in total. The lowest BCUT2D eigenvalue weighted by atomic mass is 10.0. The maximum Gasteiger partial charge on any atom is 0.330 e. The van der Waals surface area contributed by atoms with Crippen LogP contribution in [-0.2, 0) is 17.8 Å². The Bertz CT molecular complexity index is 1410. The van der Waals surface area contributed by atoms with Crippen molar-refractivity contribution in [3.63, 3.8) is 0 Å². The highest BCUT2D eigenvalue weighted by atomic mass is 16.5. The molecule has 0 fully saturated rings. The van der Waals surface area contributed by atoms with E-state index >= 15 is 0 Å². The number of nitrogens with one attached hydrogen (secondary N) is 1. The zero-order valence-electron chi connectivity index (χ0n) is 19.3. The molecular weight excluding hydrogens is 444 g/mol. The Morgan fingerprint density at radius 3 is 2.14 bits per heavy atom. The standard InChI is InChI=1S/C27H26N4O4/c1-35-17-16-30-24(28)23(25(32)29-27(30)34)31(18-19-8-4-2-5-9-19)26(33)22-14-12-21(13-15-22)20-10-6-3-7-11-20/h2-15H,16-18,28H2,1H3,(H,29,32,34). The second kappa shape index (κ2) is 10.7. The number of aromatic nitrogens is 2. The Balaban J connectivity index is 1.77. The number of benzene rings is 3. The largest absolute Gasteiger partial charge is 0.383 e. The van der Waals surface area contributed by atoms with E-state index in [1.165, 1.54) is 16.6 Å². The van der Waals surface area contributed by atoms with Crippen molar-refractivity contribution in [2.24, 2.45) is 0 Å². The van der Waals surface area contributed by atoms with Crippen LogP contribution in [0.15, 0.2) is 94.5 Å². The number of methoxy groups -OCH3 is 1. The molecule has 0 saturated carbocycles. The van der Waals surface area contributed by atoms with Gasteiger partial charge in [0.05, 0.1) is 19.7 Å². The van der Waals surface area contributed by atoms with E-state index in [2.05, 4.69) is 4.98 Å². The molecule has 1 aromatic heterocycles. The fourth-order valence-corrected chi connectivity index (χ4v) is 3.85. The number of rotatable bonds is 8. The molecule has 0 spiro atoms. The van der Waals surface area contributed by atoms with Gasteiger partial charge in [0.1, 0.15) is 5.82 Å². The van der Waals surface area contributed by atoms with Gasteiger partial charge in [-0.25, -0.2) is 4.79 Å². The summed E-state index contributed by atoms with van der Waals surface area (Å²) in [5.41, 5.74) is 7.99. The second-order valence-corrected chi connectivity index (χ2v) is 7.96. The number of hydrogen-bond donors (Lipinski definition) is 2. The smallest absolute Gasteiger partial charge is 0.330 e. The minimum absolute atomic E-state index is 0.0818. The van der Waals surface area contributed by atoms with Gasteiger partial charge in [0, 0.05) is 12.7 Å². The second-order valence-electron chi connectivity index (χ2n) is 7.96. The van der Waals surface area contributed by atoms with Crippen LogP contribution in [0.3, 0.4) is 0 Å². The van der Waals surface area contributed by atoms with Gasteiger partial charge < -0.3 is 10.5 Å². The summed E-state index contributed by atoms with van der Waals surface area (Å²) in [6, 6.07) is 26.2. The summed E-state index contributed by atoms with van der Waals surface area (Å²) < 4.78 is 6.26. The zero-order valence-corrected chi connectivity index (χ0v) is 19.3. The minimum atomic E-state index is -0.730. The molecule has 0 aliphatic heterocycles. The third kappa shape index (κ3) is 5.23. The molecule has 178 valence electrons. The number of aromatic amines is 1. The van der Waals surface area contributed by atoms with E-state index in [4.69, 9.17) is 10.5 Å². The van der Waals surface area contributed by atoms with E-state index in [0.717, 1.165) is 16.7 Å². The Hall–Kier alpha value is -4.43. The van der Waals surface area contributed by atoms with E-state index in [1.54, 1.807) is 12.1 Å². The highest BCUT2D eigenvalue weighted by Gasteiger charge is 2.25. The predicted molar refractivity (Wildman–Crippen MR) is 136 cm³/mol. The summed E-state index contributed by atoms with van der Waals surface area (Å²) >= 11 is 0.